The van der Waals surface area contributed by atoms with Crippen molar-refractivity contribution in [3.05, 3.63) is 84.1 Å². The number of benzene rings is 2. The number of aliphatic hydroxyl groups excluding tert-OH is 1. The molecule has 170 valence electrons. The molecule has 0 radical (unpaired) electrons. The van der Waals surface area contributed by atoms with Crippen molar-refractivity contribution < 1.29 is 9.84 Å². The minimum absolute atomic E-state index is 0.293. The van der Waals surface area contributed by atoms with Gasteiger partial charge in [0.25, 0.3) is 0 Å². The van der Waals surface area contributed by atoms with Crippen molar-refractivity contribution in [3.8, 4) is 17.0 Å². The van der Waals surface area contributed by atoms with E-state index in [-0.39, 0.29) is 0 Å². The Morgan fingerprint density at radius 2 is 1.72 bits per heavy atom. The monoisotopic (exact) mass is 434 g/mol. The van der Waals surface area contributed by atoms with Gasteiger partial charge in [0.15, 0.2) is 0 Å². The van der Waals surface area contributed by atoms with E-state index in [0.29, 0.717) is 19.5 Å². The zero-order valence-corrected chi connectivity index (χ0v) is 18.7. The molecular weight excluding hydrogens is 400 g/mol. The van der Waals surface area contributed by atoms with Crippen LogP contribution in [0.1, 0.15) is 30.9 Å². The summed E-state index contributed by atoms with van der Waals surface area (Å²) in [6, 6.07) is 21.5. The van der Waals surface area contributed by atoms with Crippen LogP contribution in [0.25, 0.3) is 11.3 Å². The molecule has 0 aliphatic heterocycles. The summed E-state index contributed by atoms with van der Waals surface area (Å²) in [5.74, 6) is 7.01. The number of nitrogens with zero attached hydrogens (tertiary/aromatic N) is 2. The van der Waals surface area contributed by atoms with E-state index in [1.165, 1.54) is 0 Å². The van der Waals surface area contributed by atoms with Gasteiger partial charge < -0.3 is 15.6 Å². The molecule has 0 fully saturated rings. The number of hydrogen-bond acceptors (Lipinski definition) is 6. The number of hydrogen-bond donors (Lipinski definition) is 3. The highest BCUT2D eigenvalue weighted by Crippen LogP contribution is 2.18. The van der Waals surface area contributed by atoms with Crippen LogP contribution in [0.15, 0.2) is 72.9 Å². The summed E-state index contributed by atoms with van der Waals surface area (Å²) in [5, 5.41) is 12.1. The highest BCUT2D eigenvalue weighted by atomic mass is 16.5. The number of nitrogens with two attached hydrogens (primary N) is 2. The molecule has 5 N–H and O–H groups in total. The number of pyridine rings is 1. The normalized spacial score (nSPS) is 13.2. The van der Waals surface area contributed by atoms with E-state index in [2.05, 4.69) is 11.9 Å². The summed E-state index contributed by atoms with van der Waals surface area (Å²) in [4.78, 5) is 4.37. The van der Waals surface area contributed by atoms with Gasteiger partial charge in [-0.25, -0.2) is 5.01 Å². The van der Waals surface area contributed by atoms with E-state index in [4.69, 9.17) is 16.3 Å². The maximum absolute atomic E-state index is 10.5. The lowest BCUT2D eigenvalue weighted by atomic mass is 10.0. The van der Waals surface area contributed by atoms with Gasteiger partial charge in [-0.3, -0.25) is 10.8 Å². The van der Waals surface area contributed by atoms with Crippen molar-refractivity contribution in [1.29, 1.82) is 0 Å². The van der Waals surface area contributed by atoms with E-state index in [1.807, 2.05) is 66.7 Å². The van der Waals surface area contributed by atoms with Crippen LogP contribution in [0, 0.1) is 0 Å². The largest absolute Gasteiger partial charge is 0.494 e. The second kappa shape index (κ2) is 12.3. The van der Waals surface area contributed by atoms with Crippen molar-refractivity contribution in [2.24, 2.45) is 11.6 Å². The minimum atomic E-state index is -0.728. The topological polar surface area (TPSA) is 97.6 Å². The smallest absolute Gasteiger partial charge is 0.119 e. The van der Waals surface area contributed by atoms with Gasteiger partial charge in [-0.2, -0.15) is 0 Å². The molecule has 2 atom stereocenters. The standard InChI is InChI=1S/C26H34N4O2/c1-2-3-16-32-23-13-9-20(10-14-23)17-24(27)26(31)19-30(28)18-21-7-11-22(12-8-21)25-6-4-5-15-29-25/h4-15,24,26,31H,2-3,16-19,27-28H2,1H3. The first-order chi connectivity index (χ1) is 15.5. The second-order valence-corrected chi connectivity index (χ2v) is 8.12. The van der Waals surface area contributed by atoms with Crippen molar-refractivity contribution in [2.45, 2.75) is 44.9 Å². The van der Waals surface area contributed by atoms with E-state index in [1.54, 1.807) is 11.2 Å². The zero-order chi connectivity index (χ0) is 22.8. The molecular formula is C26H34N4O2. The van der Waals surface area contributed by atoms with E-state index in [9.17, 15) is 5.11 Å². The highest BCUT2D eigenvalue weighted by molar-refractivity contribution is 5.58. The van der Waals surface area contributed by atoms with Crippen LogP contribution < -0.4 is 16.3 Å². The Bertz CT molecular complexity index is 917. The summed E-state index contributed by atoms with van der Waals surface area (Å²) in [6.07, 6.45) is 3.78. The molecule has 0 aliphatic carbocycles. The molecule has 6 nitrogen and oxygen atoms in total. The van der Waals surface area contributed by atoms with Gasteiger partial charge in [0.2, 0.25) is 0 Å². The highest BCUT2D eigenvalue weighted by Gasteiger charge is 2.18. The summed E-state index contributed by atoms with van der Waals surface area (Å²) >= 11 is 0. The summed E-state index contributed by atoms with van der Waals surface area (Å²) < 4.78 is 5.69. The first-order valence-corrected chi connectivity index (χ1v) is 11.2. The maximum Gasteiger partial charge on any atom is 0.119 e. The van der Waals surface area contributed by atoms with Crippen LogP contribution in [0.3, 0.4) is 0 Å². The molecule has 1 aromatic heterocycles. The predicted octanol–water partition coefficient (Wildman–Crippen LogP) is 3.53. The Labute approximate surface area is 190 Å². The van der Waals surface area contributed by atoms with Gasteiger partial charge in [0, 0.05) is 30.9 Å². The molecule has 0 amide bonds. The van der Waals surface area contributed by atoms with Gasteiger partial charge in [-0.05, 0) is 48.2 Å². The van der Waals surface area contributed by atoms with Crippen LogP contribution in [0.4, 0.5) is 0 Å². The van der Waals surface area contributed by atoms with Crippen LogP contribution in [-0.4, -0.2) is 40.4 Å². The molecule has 0 saturated heterocycles. The fraction of sp³-hybridized carbons (Fsp3) is 0.346. The Kier molecular flexibility index (Phi) is 9.19. The van der Waals surface area contributed by atoms with Gasteiger partial charge in [0.05, 0.1) is 18.4 Å². The van der Waals surface area contributed by atoms with Crippen LogP contribution >= 0.6 is 0 Å². The quantitative estimate of drug-likeness (QED) is 0.229. The Hall–Kier alpha value is -2.77. The van der Waals surface area contributed by atoms with E-state index < -0.39 is 12.1 Å². The molecule has 32 heavy (non-hydrogen) atoms. The lowest BCUT2D eigenvalue weighted by Crippen LogP contribution is -2.46. The van der Waals surface area contributed by atoms with Crippen LogP contribution in [0.5, 0.6) is 5.75 Å². The van der Waals surface area contributed by atoms with E-state index in [0.717, 1.165) is 47.6 Å². The third kappa shape index (κ3) is 7.43. The predicted molar refractivity (Wildman–Crippen MR) is 129 cm³/mol. The first kappa shape index (κ1) is 23.9. The zero-order valence-electron chi connectivity index (χ0n) is 18.7. The fourth-order valence-electron chi connectivity index (χ4n) is 3.45. The molecule has 0 saturated carbocycles. The Morgan fingerprint density at radius 1 is 1.00 bits per heavy atom. The lowest BCUT2D eigenvalue weighted by molar-refractivity contribution is 0.0877. The van der Waals surface area contributed by atoms with Crippen LogP contribution in [0.2, 0.25) is 0 Å². The number of hydrazine groups is 1. The summed E-state index contributed by atoms with van der Waals surface area (Å²) in [5.41, 5.74) is 10.4. The summed E-state index contributed by atoms with van der Waals surface area (Å²) in [6.45, 7) is 3.69. The van der Waals surface area contributed by atoms with Gasteiger partial charge in [-0.1, -0.05) is 55.8 Å². The van der Waals surface area contributed by atoms with Gasteiger partial charge in [0.1, 0.15) is 5.75 Å². The number of aliphatic hydroxyl groups is 1. The third-order valence-corrected chi connectivity index (χ3v) is 5.38. The molecule has 0 spiro atoms. The lowest BCUT2D eigenvalue weighted by Gasteiger charge is -2.24. The number of aromatic nitrogens is 1. The summed E-state index contributed by atoms with van der Waals surface area (Å²) in [7, 11) is 0. The Morgan fingerprint density at radius 3 is 2.38 bits per heavy atom. The average Bonchev–Trinajstić information content (AvgIpc) is 2.81. The SMILES string of the molecule is CCCCOc1ccc(CC(N)C(O)CN(N)Cc2ccc(-c3ccccn3)cc2)cc1. The molecule has 1 heterocycles. The minimum Gasteiger partial charge on any atom is -0.494 e. The average molecular weight is 435 g/mol. The molecule has 2 unspecified atom stereocenters. The van der Waals surface area contributed by atoms with Crippen molar-refractivity contribution in [3.63, 3.8) is 0 Å². The van der Waals surface area contributed by atoms with Crippen molar-refractivity contribution in [1.82, 2.24) is 9.99 Å². The van der Waals surface area contributed by atoms with Gasteiger partial charge >= 0.3 is 0 Å². The van der Waals surface area contributed by atoms with Crippen molar-refractivity contribution >= 4 is 0 Å². The number of ether oxygens (including phenoxy) is 1. The van der Waals surface area contributed by atoms with E-state index >= 15 is 0 Å². The number of unbranched alkanes of at least 4 members (excludes halogenated alkanes) is 1. The maximum atomic E-state index is 10.5. The molecule has 2 aromatic carbocycles. The van der Waals surface area contributed by atoms with Crippen molar-refractivity contribution in [2.75, 3.05) is 13.2 Å². The first-order valence-electron chi connectivity index (χ1n) is 11.2. The molecule has 3 rings (SSSR count). The van der Waals surface area contributed by atoms with Crippen LogP contribution in [-0.2, 0) is 13.0 Å². The molecule has 0 aliphatic rings. The second-order valence-electron chi connectivity index (χ2n) is 8.12. The fourth-order valence-corrected chi connectivity index (χ4v) is 3.45. The Balaban J connectivity index is 1.45. The molecule has 0 bridgehead atoms. The number of rotatable bonds is 12. The third-order valence-electron chi connectivity index (χ3n) is 5.38. The molecule has 3 aromatic rings. The van der Waals surface area contributed by atoms with Gasteiger partial charge in [-0.15, -0.1) is 0 Å². The molecule has 6 heteroatoms.